The number of hydrogen-bond acceptors (Lipinski definition) is 6. The number of hydrogen-bond donors (Lipinski definition) is 2. The maximum absolute atomic E-state index is 12.2. The van der Waals surface area contributed by atoms with Gasteiger partial charge in [-0.3, -0.25) is 4.79 Å². The third-order valence-electron chi connectivity index (χ3n) is 3.37. The lowest BCUT2D eigenvalue weighted by molar-refractivity contribution is 0.0951. The predicted octanol–water partition coefficient (Wildman–Crippen LogP) is 0.965. The van der Waals surface area contributed by atoms with E-state index in [0.717, 1.165) is 16.9 Å². The number of sulfonamides is 1. The number of carbonyl (C=O) groups is 1. The van der Waals surface area contributed by atoms with Crippen molar-refractivity contribution in [3.63, 3.8) is 0 Å². The SMILES string of the molecule is NS(=O)(=O)c1ccc(CNC(=O)c2ccc(Cn3cncn3)cc2)s1. The molecule has 3 rings (SSSR count). The van der Waals surface area contributed by atoms with E-state index in [4.69, 9.17) is 5.14 Å². The largest absolute Gasteiger partial charge is 0.347 e. The standard InChI is InChI=1S/C15H15N5O3S2/c16-25(22,23)14-6-5-13(24-14)7-18-15(21)12-3-1-11(2-4-12)8-20-10-17-9-19-20/h1-6,9-10H,7-8H2,(H,18,21)(H2,16,22,23). The van der Waals surface area contributed by atoms with E-state index in [1.54, 1.807) is 29.2 Å². The Morgan fingerprint density at radius 1 is 1.20 bits per heavy atom. The minimum atomic E-state index is -3.70. The zero-order valence-electron chi connectivity index (χ0n) is 13.0. The number of primary sulfonamides is 1. The molecule has 2 heterocycles. The summed E-state index contributed by atoms with van der Waals surface area (Å²) in [7, 11) is -3.70. The number of amides is 1. The molecule has 1 amide bonds. The topological polar surface area (TPSA) is 120 Å². The number of thiophene rings is 1. The molecule has 0 saturated heterocycles. The van der Waals surface area contributed by atoms with Gasteiger partial charge in [0.15, 0.2) is 0 Å². The molecule has 2 aromatic heterocycles. The quantitative estimate of drug-likeness (QED) is 0.663. The normalized spacial score (nSPS) is 11.4. The van der Waals surface area contributed by atoms with E-state index in [9.17, 15) is 13.2 Å². The second-order valence-electron chi connectivity index (χ2n) is 5.24. The number of nitrogens with two attached hydrogens (primary N) is 1. The van der Waals surface area contributed by atoms with Gasteiger partial charge >= 0.3 is 0 Å². The number of carbonyl (C=O) groups excluding carboxylic acids is 1. The van der Waals surface area contributed by atoms with E-state index in [2.05, 4.69) is 15.4 Å². The van der Waals surface area contributed by atoms with E-state index in [0.29, 0.717) is 17.0 Å². The third-order valence-corrected chi connectivity index (χ3v) is 5.89. The van der Waals surface area contributed by atoms with Gasteiger partial charge in [-0.2, -0.15) is 5.10 Å². The summed E-state index contributed by atoms with van der Waals surface area (Å²) in [5.41, 5.74) is 1.52. The van der Waals surface area contributed by atoms with Crippen molar-refractivity contribution in [1.82, 2.24) is 20.1 Å². The molecule has 0 spiro atoms. The van der Waals surface area contributed by atoms with Crippen LogP contribution in [-0.4, -0.2) is 29.1 Å². The molecule has 10 heteroatoms. The Labute approximate surface area is 148 Å². The van der Waals surface area contributed by atoms with Gasteiger partial charge in [0.2, 0.25) is 10.0 Å². The predicted molar refractivity (Wildman–Crippen MR) is 92.4 cm³/mol. The van der Waals surface area contributed by atoms with E-state index >= 15 is 0 Å². The van der Waals surface area contributed by atoms with Crippen molar-refractivity contribution in [3.05, 3.63) is 65.1 Å². The molecule has 0 aliphatic rings. The molecule has 0 atom stereocenters. The zero-order chi connectivity index (χ0) is 17.9. The fraction of sp³-hybridized carbons (Fsp3) is 0.133. The van der Waals surface area contributed by atoms with Crippen LogP contribution >= 0.6 is 11.3 Å². The molecule has 0 fully saturated rings. The van der Waals surface area contributed by atoms with E-state index in [1.165, 1.54) is 12.4 Å². The summed E-state index contributed by atoms with van der Waals surface area (Å²) in [6.07, 6.45) is 3.09. The lowest BCUT2D eigenvalue weighted by atomic mass is 10.1. The summed E-state index contributed by atoms with van der Waals surface area (Å²) >= 11 is 1.04. The van der Waals surface area contributed by atoms with Crippen LogP contribution in [0, 0.1) is 0 Å². The number of aromatic nitrogens is 3. The Morgan fingerprint density at radius 3 is 2.56 bits per heavy atom. The van der Waals surface area contributed by atoms with E-state index < -0.39 is 10.0 Å². The molecular formula is C15H15N5O3S2. The van der Waals surface area contributed by atoms with Crippen molar-refractivity contribution >= 4 is 27.3 Å². The Balaban J connectivity index is 1.58. The summed E-state index contributed by atoms with van der Waals surface area (Å²) in [5, 5.41) is 11.8. The zero-order valence-corrected chi connectivity index (χ0v) is 14.6. The molecule has 0 aliphatic heterocycles. The van der Waals surface area contributed by atoms with Crippen LogP contribution in [-0.2, 0) is 23.1 Å². The summed E-state index contributed by atoms with van der Waals surface area (Å²) in [4.78, 5) is 16.8. The van der Waals surface area contributed by atoms with Gasteiger partial charge in [-0.25, -0.2) is 23.2 Å². The van der Waals surface area contributed by atoms with Gasteiger partial charge in [0, 0.05) is 10.4 Å². The molecule has 25 heavy (non-hydrogen) atoms. The van der Waals surface area contributed by atoms with Crippen LogP contribution in [0.25, 0.3) is 0 Å². The van der Waals surface area contributed by atoms with Crippen LogP contribution in [0.3, 0.4) is 0 Å². The molecule has 0 radical (unpaired) electrons. The number of nitrogens with one attached hydrogen (secondary N) is 1. The number of benzene rings is 1. The first-order chi connectivity index (χ1) is 11.9. The van der Waals surface area contributed by atoms with Gasteiger partial charge in [-0.05, 0) is 29.8 Å². The highest BCUT2D eigenvalue weighted by Crippen LogP contribution is 2.20. The van der Waals surface area contributed by atoms with Gasteiger partial charge in [-0.15, -0.1) is 11.3 Å². The van der Waals surface area contributed by atoms with Crippen LogP contribution in [0.1, 0.15) is 20.8 Å². The molecular weight excluding hydrogens is 362 g/mol. The highest BCUT2D eigenvalue weighted by atomic mass is 32.2. The molecule has 8 nitrogen and oxygen atoms in total. The molecule has 130 valence electrons. The second kappa shape index (κ2) is 7.13. The lowest BCUT2D eigenvalue weighted by Crippen LogP contribution is -2.22. The van der Waals surface area contributed by atoms with Crippen LogP contribution in [0.15, 0.2) is 53.3 Å². The average molecular weight is 377 g/mol. The van der Waals surface area contributed by atoms with Crippen molar-refractivity contribution in [1.29, 1.82) is 0 Å². The maximum Gasteiger partial charge on any atom is 0.251 e. The van der Waals surface area contributed by atoms with Gasteiger partial charge in [0.25, 0.3) is 5.91 Å². The van der Waals surface area contributed by atoms with Gasteiger partial charge in [0.1, 0.15) is 16.9 Å². The first-order valence-corrected chi connectivity index (χ1v) is 9.59. The van der Waals surface area contributed by atoms with Crippen LogP contribution in [0.4, 0.5) is 0 Å². The minimum Gasteiger partial charge on any atom is -0.347 e. The third kappa shape index (κ3) is 4.50. The summed E-state index contributed by atoms with van der Waals surface area (Å²) < 4.78 is 24.3. The Bertz CT molecular complexity index is 963. The Kier molecular flexibility index (Phi) is 4.93. The van der Waals surface area contributed by atoms with Crippen LogP contribution in [0.5, 0.6) is 0 Å². The molecule has 0 bridgehead atoms. The molecule has 3 aromatic rings. The van der Waals surface area contributed by atoms with Crippen molar-refractivity contribution in [2.75, 3.05) is 0 Å². The highest BCUT2D eigenvalue weighted by Gasteiger charge is 2.12. The molecule has 0 unspecified atom stereocenters. The fourth-order valence-electron chi connectivity index (χ4n) is 2.14. The first-order valence-electron chi connectivity index (χ1n) is 7.23. The highest BCUT2D eigenvalue weighted by molar-refractivity contribution is 7.91. The van der Waals surface area contributed by atoms with Gasteiger partial charge < -0.3 is 5.32 Å². The summed E-state index contributed by atoms with van der Waals surface area (Å²) in [6.45, 7) is 0.813. The Morgan fingerprint density at radius 2 is 1.96 bits per heavy atom. The maximum atomic E-state index is 12.2. The lowest BCUT2D eigenvalue weighted by Gasteiger charge is -2.05. The number of nitrogens with zero attached hydrogens (tertiary/aromatic N) is 3. The first kappa shape index (κ1) is 17.3. The fourth-order valence-corrected chi connectivity index (χ4v) is 3.86. The molecule has 1 aromatic carbocycles. The van der Waals surface area contributed by atoms with Crippen molar-refractivity contribution < 1.29 is 13.2 Å². The monoisotopic (exact) mass is 377 g/mol. The van der Waals surface area contributed by atoms with Crippen LogP contribution in [0.2, 0.25) is 0 Å². The van der Waals surface area contributed by atoms with Crippen LogP contribution < -0.4 is 10.5 Å². The van der Waals surface area contributed by atoms with Crippen molar-refractivity contribution in [2.24, 2.45) is 5.14 Å². The Hall–Kier alpha value is -2.56. The molecule has 0 aliphatic carbocycles. The van der Waals surface area contributed by atoms with Gasteiger partial charge in [0.05, 0.1) is 13.1 Å². The number of rotatable bonds is 6. The van der Waals surface area contributed by atoms with Crippen molar-refractivity contribution in [3.8, 4) is 0 Å². The summed E-state index contributed by atoms with van der Waals surface area (Å²) in [5.74, 6) is -0.238. The van der Waals surface area contributed by atoms with E-state index in [-0.39, 0.29) is 16.7 Å². The van der Waals surface area contributed by atoms with Gasteiger partial charge in [-0.1, -0.05) is 12.1 Å². The molecule has 0 saturated carbocycles. The second-order valence-corrected chi connectivity index (χ2v) is 8.20. The molecule has 3 N–H and O–H groups in total. The smallest absolute Gasteiger partial charge is 0.251 e. The van der Waals surface area contributed by atoms with E-state index in [1.807, 2.05) is 12.1 Å². The van der Waals surface area contributed by atoms with Crippen molar-refractivity contribution in [2.45, 2.75) is 17.3 Å². The summed E-state index contributed by atoms with van der Waals surface area (Å²) in [6, 6.07) is 10.2. The average Bonchev–Trinajstić information content (AvgIpc) is 3.24. The minimum absolute atomic E-state index is 0.0780.